The number of halogens is 1. The van der Waals surface area contributed by atoms with Crippen molar-refractivity contribution >= 4 is 34.2 Å². The maximum absolute atomic E-state index is 14.4. The molecule has 37 heavy (non-hydrogen) atoms. The fraction of sp³-hybridized carbons (Fsp3) is 0.440. The van der Waals surface area contributed by atoms with Crippen LogP contribution in [0.4, 0.5) is 4.39 Å². The van der Waals surface area contributed by atoms with Crippen LogP contribution < -0.4 is 16.4 Å². The van der Waals surface area contributed by atoms with Crippen LogP contribution in [0.1, 0.15) is 35.8 Å². The van der Waals surface area contributed by atoms with E-state index in [1.54, 1.807) is 24.4 Å². The highest BCUT2D eigenvalue weighted by atomic mass is 19.1. The lowest BCUT2D eigenvalue weighted by atomic mass is 10.0. The summed E-state index contributed by atoms with van der Waals surface area (Å²) in [6.45, 7) is 6.41. The topological polar surface area (TPSA) is 147 Å². The number of rotatable bonds is 8. The van der Waals surface area contributed by atoms with Gasteiger partial charge in [0.05, 0.1) is 23.8 Å². The number of fused-ring (bicyclic) bond motifs is 2. The molecule has 4 N–H and O–H groups in total. The molecule has 4 atom stereocenters. The van der Waals surface area contributed by atoms with Crippen molar-refractivity contribution in [3.05, 3.63) is 48.4 Å². The SMILES string of the molecule is C=C/N=N\C=C(/C)c1ccc2c(c1)c(C(N)=O)nn2CC(=O)N1CC(F)CC1C(=O)NC12CNCC1C2. The summed E-state index contributed by atoms with van der Waals surface area (Å²) in [5, 5.41) is 18.6. The van der Waals surface area contributed by atoms with Crippen LogP contribution in [0.2, 0.25) is 0 Å². The van der Waals surface area contributed by atoms with E-state index in [9.17, 15) is 18.8 Å². The Morgan fingerprint density at radius 2 is 2.19 bits per heavy atom. The standard InChI is InChI=1S/C25H29FN8O3/c1-3-29-30-9-14(2)15-4-5-19-18(6-15)22(23(27)36)32-34(19)12-21(35)33-11-17(26)7-20(33)24(37)31-25-8-16(25)10-28-13-25/h3-6,9,16-17,20,28H,1,7-8,10-13H2,2H3,(H2,27,36)(H,31,37)/b14-9+,30-29-. The maximum Gasteiger partial charge on any atom is 0.269 e. The second-order valence-electron chi connectivity index (χ2n) is 9.90. The monoisotopic (exact) mass is 508 g/mol. The summed E-state index contributed by atoms with van der Waals surface area (Å²) in [6, 6.07) is 4.38. The van der Waals surface area contributed by atoms with Gasteiger partial charge in [-0.2, -0.15) is 15.3 Å². The first-order chi connectivity index (χ1) is 17.7. The molecule has 3 fully saturated rings. The van der Waals surface area contributed by atoms with Crippen molar-refractivity contribution in [2.24, 2.45) is 21.9 Å². The van der Waals surface area contributed by atoms with Gasteiger partial charge in [0, 0.05) is 31.1 Å². The zero-order chi connectivity index (χ0) is 26.3. The molecule has 11 nitrogen and oxygen atoms in total. The number of hydrogen-bond donors (Lipinski definition) is 3. The van der Waals surface area contributed by atoms with E-state index in [1.807, 2.05) is 6.92 Å². The first kappa shape index (κ1) is 24.8. The number of nitrogens with one attached hydrogen (secondary N) is 2. The molecule has 1 saturated carbocycles. The number of azo groups is 1. The molecule has 12 heteroatoms. The molecule has 3 heterocycles. The molecule has 1 aromatic carbocycles. The van der Waals surface area contributed by atoms with Crippen LogP contribution in [0, 0.1) is 5.92 Å². The zero-order valence-electron chi connectivity index (χ0n) is 20.5. The molecule has 1 aromatic heterocycles. The van der Waals surface area contributed by atoms with Gasteiger partial charge in [0.1, 0.15) is 18.8 Å². The van der Waals surface area contributed by atoms with Gasteiger partial charge < -0.3 is 21.3 Å². The van der Waals surface area contributed by atoms with E-state index in [1.165, 1.54) is 15.8 Å². The van der Waals surface area contributed by atoms with Crippen molar-refractivity contribution in [2.75, 3.05) is 19.6 Å². The molecule has 4 unspecified atom stereocenters. The Kier molecular flexibility index (Phi) is 6.36. The maximum atomic E-state index is 14.4. The quantitative estimate of drug-likeness (QED) is 0.463. The lowest BCUT2D eigenvalue weighted by molar-refractivity contribution is -0.139. The van der Waals surface area contributed by atoms with Gasteiger partial charge in [0.25, 0.3) is 5.91 Å². The van der Waals surface area contributed by atoms with E-state index in [2.05, 4.69) is 32.5 Å². The number of allylic oxidation sites excluding steroid dienone is 1. The summed E-state index contributed by atoms with van der Waals surface area (Å²) in [7, 11) is 0. The number of amides is 3. The third kappa shape index (κ3) is 4.64. The summed E-state index contributed by atoms with van der Waals surface area (Å²) in [5.74, 6) is -1.14. The third-order valence-electron chi connectivity index (χ3n) is 7.43. The minimum Gasteiger partial charge on any atom is -0.364 e. The highest BCUT2D eigenvalue weighted by molar-refractivity contribution is 6.05. The summed E-state index contributed by atoms with van der Waals surface area (Å²) in [6.07, 6.45) is 2.43. The molecule has 3 aliphatic rings. The molecule has 3 amide bonds. The molecule has 194 valence electrons. The molecular formula is C25H29FN8O3. The molecule has 0 bridgehead atoms. The zero-order valence-corrected chi connectivity index (χ0v) is 20.5. The van der Waals surface area contributed by atoms with Crippen molar-refractivity contribution in [1.82, 2.24) is 25.3 Å². The van der Waals surface area contributed by atoms with Crippen molar-refractivity contribution in [3.63, 3.8) is 0 Å². The van der Waals surface area contributed by atoms with E-state index in [0.717, 1.165) is 24.1 Å². The lowest BCUT2D eigenvalue weighted by Crippen LogP contribution is -2.51. The van der Waals surface area contributed by atoms with E-state index < -0.39 is 24.0 Å². The molecule has 1 aliphatic carbocycles. The number of primary amides is 1. The Morgan fingerprint density at radius 1 is 1.38 bits per heavy atom. The van der Waals surface area contributed by atoms with E-state index in [4.69, 9.17) is 5.73 Å². The highest BCUT2D eigenvalue weighted by Crippen LogP contribution is 2.46. The van der Waals surface area contributed by atoms with Gasteiger partial charge >= 0.3 is 0 Å². The molecule has 2 saturated heterocycles. The Bertz CT molecular complexity index is 1350. The van der Waals surface area contributed by atoms with Gasteiger partial charge in [-0.3, -0.25) is 19.1 Å². The van der Waals surface area contributed by atoms with E-state index in [0.29, 0.717) is 23.4 Å². The van der Waals surface area contributed by atoms with Crippen molar-refractivity contribution in [3.8, 4) is 0 Å². The van der Waals surface area contributed by atoms with Crippen LogP contribution in [0.5, 0.6) is 0 Å². The molecule has 2 aromatic rings. The van der Waals surface area contributed by atoms with Gasteiger partial charge in [-0.05, 0) is 42.5 Å². The number of hydrogen-bond acceptors (Lipinski definition) is 7. The largest absolute Gasteiger partial charge is 0.364 e. The Balaban J connectivity index is 1.38. The van der Waals surface area contributed by atoms with Gasteiger partial charge in [-0.1, -0.05) is 12.6 Å². The van der Waals surface area contributed by atoms with Gasteiger partial charge in [0.2, 0.25) is 11.8 Å². The van der Waals surface area contributed by atoms with E-state index >= 15 is 0 Å². The molecule has 5 rings (SSSR count). The van der Waals surface area contributed by atoms with E-state index in [-0.39, 0.29) is 36.7 Å². The van der Waals surface area contributed by atoms with Crippen LogP contribution in [0.25, 0.3) is 16.5 Å². The number of aromatic nitrogens is 2. The number of carbonyl (C=O) groups is 3. The minimum absolute atomic E-state index is 0.0110. The summed E-state index contributed by atoms with van der Waals surface area (Å²) in [5.41, 5.74) is 7.36. The second kappa shape index (κ2) is 9.51. The second-order valence-corrected chi connectivity index (χ2v) is 9.90. The average Bonchev–Trinajstić information content (AvgIpc) is 3.19. The Hall–Kier alpha value is -3.93. The number of nitrogens with two attached hydrogens (primary N) is 1. The Morgan fingerprint density at radius 3 is 2.86 bits per heavy atom. The van der Waals surface area contributed by atoms with Crippen LogP contribution in [0.15, 0.2) is 47.4 Å². The third-order valence-corrected chi connectivity index (χ3v) is 7.43. The van der Waals surface area contributed by atoms with Crippen LogP contribution in [0.3, 0.4) is 0 Å². The first-order valence-corrected chi connectivity index (χ1v) is 12.2. The van der Waals surface area contributed by atoms with Gasteiger partial charge in [-0.25, -0.2) is 4.39 Å². The molecule has 0 radical (unpaired) electrons. The predicted octanol–water partition coefficient (Wildman–Crippen LogP) is 1.51. The molecule has 2 aliphatic heterocycles. The minimum atomic E-state index is -1.29. The number of carbonyl (C=O) groups excluding carboxylic acids is 3. The summed E-state index contributed by atoms with van der Waals surface area (Å²) < 4.78 is 15.8. The number of piperidine rings is 1. The van der Waals surface area contributed by atoms with Crippen molar-refractivity contribution < 1.29 is 18.8 Å². The van der Waals surface area contributed by atoms with Crippen molar-refractivity contribution in [1.29, 1.82) is 0 Å². The fourth-order valence-electron chi connectivity index (χ4n) is 5.36. The smallest absolute Gasteiger partial charge is 0.269 e. The van der Waals surface area contributed by atoms with Crippen molar-refractivity contribution in [2.45, 2.75) is 44.1 Å². The predicted molar refractivity (Wildman–Crippen MR) is 134 cm³/mol. The van der Waals surface area contributed by atoms with Gasteiger partial charge in [-0.15, -0.1) is 0 Å². The molecular weight excluding hydrogens is 479 g/mol. The number of nitrogens with zero attached hydrogens (tertiary/aromatic N) is 5. The summed E-state index contributed by atoms with van der Waals surface area (Å²) in [4.78, 5) is 39.7. The average molecular weight is 509 g/mol. The Labute approximate surface area is 212 Å². The fourth-order valence-corrected chi connectivity index (χ4v) is 5.36. The lowest BCUT2D eigenvalue weighted by Gasteiger charge is -2.26. The molecule has 0 spiro atoms. The van der Waals surface area contributed by atoms with Crippen LogP contribution >= 0.6 is 0 Å². The van der Waals surface area contributed by atoms with Crippen LogP contribution in [-0.4, -0.2) is 69.8 Å². The number of alkyl halides is 1. The number of benzene rings is 1. The van der Waals surface area contributed by atoms with Gasteiger partial charge in [0.15, 0.2) is 5.69 Å². The van der Waals surface area contributed by atoms with Crippen LogP contribution in [-0.2, 0) is 16.1 Å². The highest BCUT2D eigenvalue weighted by Gasteiger charge is 2.59. The normalized spacial score (nSPS) is 27.0. The first-order valence-electron chi connectivity index (χ1n) is 12.2. The number of likely N-dealkylation sites (tertiary alicyclic amines) is 1. The summed E-state index contributed by atoms with van der Waals surface area (Å²) >= 11 is 0.